The second-order valence-corrected chi connectivity index (χ2v) is 5.74. The topological polar surface area (TPSA) is 68.0 Å². The molecule has 1 aliphatic carbocycles. The van der Waals surface area contributed by atoms with E-state index in [9.17, 15) is 4.79 Å². The minimum atomic E-state index is -0.0679. The van der Waals surface area contributed by atoms with Crippen LogP contribution in [0.1, 0.15) is 36.0 Å². The summed E-state index contributed by atoms with van der Waals surface area (Å²) in [6.07, 6.45) is 6.53. The van der Waals surface area contributed by atoms with Crippen molar-refractivity contribution < 1.29 is 4.79 Å². The van der Waals surface area contributed by atoms with Gasteiger partial charge in [0.05, 0.1) is 11.1 Å². The van der Waals surface area contributed by atoms with Gasteiger partial charge >= 0.3 is 0 Å². The molecule has 0 spiro atoms. The molecule has 1 unspecified atom stereocenters. The number of para-hydroxylation sites is 1. The zero-order valence-corrected chi connectivity index (χ0v) is 12.1. The van der Waals surface area contributed by atoms with Crippen LogP contribution in [0.3, 0.4) is 0 Å². The molecule has 1 saturated carbocycles. The normalized spacial score (nSPS) is 17.0. The van der Waals surface area contributed by atoms with Crippen LogP contribution in [0, 0.1) is 5.92 Å². The largest absolute Gasteiger partial charge is 0.348 e. The standard InChI is InChI=1S/C17H21N3O/c18-11-15(12-5-1-2-6-12)20-17(21)14-9-3-7-13-8-4-10-19-16(13)14/h3-4,7-10,12,15H,1-2,5-6,11,18H2,(H,20,21). The third kappa shape index (κ3) is 2.90. The highest BCUT2D eigenvalue weighted by Crippen LogP contribution is 2.27. The number of nitrogens with two attached hydrogens (primary N) is 1. The number of aromatic nitrogens is 1. The van der Waals surface area contributed by atoms with Crippen LogP contribution in [0.25, 0.3) is 10.9 Å². The molecule has 0 saturated heterocycles. The molecule has 1 aliphatic rings. The van der Waals surface area contributed by atoms with Gasteiger partial charge in [0.15, 0.2) is 0 Å². The van der Waals surface area contributed by atoms with E-state index in [1.54, 1.807) is 6.20 Å². The van der Waals surface area contributed by atoms with Crippen molar-refractivity contribution in [1.82, 2.24) is 10.3 Å². The number of benzene rings is 1. The van der Waals surface area contributed by atoms with E-state index < -0.39 is 0 Å². The quantitative estimate of drug-likeness (QED) is 0.905. The number of amides is 1. The number of nitrogens with zero attached hydrogens (tertiary/aromatic N) is 1. The van der Waals surface area contributed by atoms with Gasteiger partial charge in [0.25, 0.3) is 5.91 Å². The molecule has 3 N–H and O–H groups in total. The van der Waals surface area contributed by atoms with Gasteiger partial charge in [0, 0.05) is 24.2 Å². The highest BCUT2D eigenvalue weighted by atomic mass is 16.1. The molecule has 1 aromatic carbocycles. The van der Waals surface area contributed by atoms with Crippen LogP contribution in [0.2, 0.25) is 0 Å². The maximum absolute atomic E-state index is 12.6. The lowest BCUT2D eigenvalue weighted by molar-refractivity contribution is 0.0925. The van der Waals surface area contributed by atoms with Crippen LogP contribution in [0.4, 0.5) is 0 Å². The number of hydrogen-bond acceptors (Lipinski definition) is 3. The van der Waals surface area contributed by atoms with Gasteiger partial charge in [-0.15, -0.1) is 0 Å². The SMILES string of the molecule is NCC(NC(=O)c1cccc2cccnc12)C1CCCC1. The van der Waals surface area contributed by atoms with Gasteiger partial charge in [-0.25, -0.2) is 0 Å². The van der Waals surface area contributed by atoms with Crippen molar-refractivity contribution >= 4 is 16.8 Å². The van der Waals surface area contributed by atoms with Crippen LogP contribution in [0.5, 0.6) is 0 Å². The number of carbonyl (C=O) groups excluding carboxylic acids is 1. The minimum Gasteiger partial charge on any atom is -0.348 e. The van der Waals surface area contributed by atoms with Crippen molar-refractivity contribution in [1.29, 1.82) is 0 Å². The Bertz CT molecular complexity index is 629. The predicted molar refractivity (Wildman–Crippen MR) is 84.0 cm³/mol. The lowest BCUT2D eigenvalue weighted by Gasteiger charge is -2.23. The highest BCUT2D eigenvalue weighted by molar-refractivity contribution is 6.05. The molecule has 21 heavy (non-hydrogen) atoms. The lowest BCUT2D eigenvalue weighted by Crippen LogP contribution is -2.44. The van der Waals surface area contributed by atoms with E-state index in [4.69, 9.17) is 5.73 Å². The van der Waals surface area contributed by atoms with Crippen molar-refractivity contribution in [2.45, 2.75) is 31.7 Å². The van der Waals surface area contributed by atoms with Gasteiger partial charge in [0.2, 0.25) is 0 Å². The average molecular weight is 283 g/mol. The molecule has 1 aromatic heterocycles. The Morgan fingerprint density at radius 2 is 2.05 bits per heavy atom. The molecule has 4 nitrogen and oxygen atoms in total. The maximum Gasteiger partial charge on any atom is 0.253 e. The number of carbonyl (C=O) groups is 1. The van der Waals surface area contributed by atoms with Gasteiger partial charge in [0.1, 0.15) is 0 Å². The smallest absolute Gasteiger partial charge is 0.253 e. The van der Waals surface area contributed by atoms with Gasteiger partial charge in [-0.05, 0) is 30.9 Å². The molecule has 4 heteroatoms. The van der Waals surface area contributed by atoms with Crippen molar-refractivity contribution in [3.8, 4) is 0 Å². The average Bonchev–Trinajstić information content (AvgIpc) is 3.06. The van der Waals surface area contributed by atoms with Gasteiger partial charge in [-0.1, -0.05) is 31.0 Å². The fourth-order valence-corrected chi connectivity index (χ4v) is 3.26. The first-order valence-electron chi connectivity index (χ1n) is 7.64. The fourth-order valence-electron chi connectivity index (χ4n) is 3.26. The molecule has 0 bridgehead atoms. The van der Waals surface area contributed by atoms with Gasteiger partial charge in [-0.2, -0.15) is 0 Å². The van der Waals surface area contributed by atoms with Crippen LogP contribution >= 0.6 is 0 Å². The second-order valence-electron chi connectivity index (χ2n) is 5.74. The summed E-state index contributed by atoms with van der Waals surface area (Å²) in [6, 6.07) is 9.61. The molecule has 1 amide bonds. The van der Waals surface area contributed by atoms with Crippen LogP contribution in [-0.4, -0.2) is 23.5 Å². The molecular weight excluding hydrogens is 262 g/mol. The van der Waals surface area contributed by atoms with Crippen molar-refractivity contribution in [2.75, 3.05) is 6.54 Å². The van der Waals surface area contributed by atoms with Crippen molar-refractivity contribution in [3.05, 3.63) is 42.1 Å². The van der Waals surface area contributed by atoms with E-state index in [-0.39, 0.29) is 11.9 Å². The van der Waals surface area contributed by atoms with E-state index in [1.807, 2.05) is 30.3 Å². The van der Waals surface area contributed by atoms with Crippen LogP contribution in [-0.2, 0) is 0 Å². The maximum atomic E-state index is 12.6. The van der Waals surface area contributed by atoms with E-state index in [0.29, 0.717) is 18.0 Å². The van der Waals surface area contributed by atoms with Crippen LogP contribution in [0.15, 0.2) is 36.5 Å². The Hall–Kier alpha value is -1.94. The first-order valence-corrected chi connectivity index (χ1v) is 7.64. The Labute approximate surface area is 124 Å². The van der Waals surface area contributed by atoms with E-state index in [2.05, 4.69) is 10.3 Å². The summed E-state index contributed by atoms with van der Waals surface area (Å²) in [5.74, 6) is 0.448. The summed E-state index contributed by atoms with van der Waals surface area (Å²) in [6.45, 7) is 0.495. The molecule has 0 aliphatic heterocycles. The van der Waals surface area contributed by atoms with E-state index >= 15 is 0 Å². The highest BCUT2D eigenvalue weighted by Gasteiger charge is 2.26. The molecule has 1 fully saturated rings. The first kappa shape index (κ1) is 14.0. The zero-order valence-electron chi connectivity index (χ0n) is 12.1. The number of fused-ring (bicyclic) bond motifs is 1. The molecule has 1 heterocycles. The molecular formula is C17H21N3O. The summed E-state index contributed by atoms with van der Waals surface area (Å²) >= 11 is 0. The van der Waals surface area contributed by atoms with Crippen molar-refractivity contribution in [2.24, 2.45) is 11.7 Å². The predicted octanol–water partition coefficient (Wildman–Crippen LogP) is 2.48. The number of hydrogen-bond donors (Lipinski definition) is 2. The fraction of sp³-hybridized carbons (Fsp3) is 0.412. The Morgan fingerprint density at radius 3 is 2.81 bits per heavy atom. The summed E-state index contributed by atoms with van der Waals surface area (Å²) in [7, 11) is 0. The number of rotatable bonds is 4. The monoisotopic (exact) mass is 283 g/mol. The molecule has 110 valence electrons. The Morgan fingerprint density at radius 1 is 1.29 bits per heavy atom. The number of nitrogens with one attached hydrogen (secondary N) is 1. The second kappa shape index (κ2) is 6.22. The van der Waals surface area contributed by atoms with Crippen molar-refractivity contribution in [3.63, 3.8) is 0 Å². The molecule has 2 aromatic rings. The van der Waals surface area contributed by atoms with E-state index in [0.717, 1.165) is 23.7 Å². The summed E-state index contributed by atoms with van der Waals surface area (Å²) in [5.41, 5.74) is 7.24. The minimum absolute atomic E-state index is 0.0679. The molecule has 0 radical (unpaired) electrons. The van der Waals surface area contributed by atoms with Gasteiger partial charge < -0.3 is 11.1 Å². The lowest BCUT2D eigenvalue weighted by atomic mass is 9.97. The van der Waals surface area contributed by atoms with Gasteiger partial charge in [-0.3, -0.25) is 9.78 Å². The van der Waals surface area contributed by atoms with Crippen LogP contribution < -0.4 is 11.1 Å². The Kier molecular flexibility index (Phi) is 4.15. The Balaban J connectivity index is 1.83. The summed E-state index contributed by atoms with van der Waals surface area (Å²) in [5, 5.41) is 4.09. The first-order chi connectivity index (χ1) is 10.3. The summed E-state index contributed by atoms with van der Waals surface area (Å²) < 4.78 is 0. The van der Waals surface area contributed by atoms with E-state index in [1.165, 1.54) is 12.8 Å². The number of pyridine rings is 1. The molecule has 3 rings (SSSR count). The third-order valence-electron chi connectivity index (χ3n) is 4.42. The summed E-state index contributed by atoms with van der Waals surface area (Å²) in [4.78, 5) is 16.9. The third-order valence-corrected chi connectivity index (χ3v) is 4.42. The zero-order chi connectivity index (χ0) is 14.7. The molecule has 1 atom stereocenters.